The van der Waals surface area contributed by atoms with Crippen LogP contribution in [-0.2, 0) is 16.0 Å². The third kappa shape index (κ3) is 2.78. The Morgan fingerprint density at radius 1 is 1.40 bits per heavy atom. The number of amides is 1. The Morgan fingerprint density at radius 2 is 2.20 bits per heavy atom. The van der Waals surface area contributed by atoms with Gasteiger partial charge in [0.15, 0.2) is 0 Å². The zero-order valence-corrected chi connectivity index (χ0v) is 12.6. The van der Waals surface area contributed by atoms with Crippen molar-refractivity contribution >= 4 is 22.6 Å². The molecule has 3 heterocycles. The standard InChI is InChI=1S/C13H20N4O2S/c1-2-11-14-13(20-15-11)17-7-5-16(6-8-17)12(18)10-4-3-9-19-10/h10H,2-9H2,1H3. The number of rotatable bonds is 3. The largest absolute Gasteiger partial charge is 0.368 e. The van der Waals surface area contributed by atoms with E-state index in [1.165, 1.54) is 11.5 Å². The summed E-state index contributed by atoms with van der Waals surface area (Å²) in [5.74, 6) is 1.07. The van der Waals surface area contributed by atoms with E-state index in [0.717, 1.165) is 63.0 Å². The van der Waals surface area contributed by atoms with E-state index in [0.29, 0.717) is 0 Å². The van der Waals surface area contributed by atoms with E-state index in [-0.39, 0.29) is 12.0 Å². The molecule has 0 aromatic carbocycles. The maximum Gasteiger partial charge on any atom is 0.251 e. The van der Waals surface area contributed by atoms with Gasteiger partial charge >= 0.3 is 0 Å². The van der Waals surface area contributed by atoms with Crippen LogP contribution in [0.1, 0.15) is 25.6 Å². The van der Waals surface area contributed by atoms with Gasteiger partial charge < -0.3 is 14.5 Å². The summed E-state index contributed by atoms with van der Waals surface area (Å²) in [6.07, 6.45) is 2.54. The minimum absolute atomic E-state index is 0.161. The number of nitrogens with zero attached hydrogens (tertiary/aromatic N) is 4. The van der Waals surface area contributed by atoms with Gasteiger partial charge in [-0.05, 0) is 12.8 Å². The Hall–Kier alpha value is -1.21. The molecule has 0 aliphatic carbocycles. The molecule has 0 spiro atoms. The molecule has 2 aliphatic rings. The molecule has 7 heteroatoms. The molecule has 1 aromatic rings. The predicted molar refractivity (Wildman–Crippen MR) is 77.1 cm³/mol. The van der Waals surface area contributed by atoms with Crippen molar-refractivity contribution in [2.24, 2.45) is 0 Å². The Morgan fingerprint density at radius 3 is 2.80 bits per heavy atom. The molecule has 110 valence electrons. The van der Waals surface area contributed by atoms with Crippen LogP contribution in [0.4, 0.5) is 5.13 Å². The first kappa shape index (κ1) is 13.8. The molecule has 2 saturated heterocycles. The average Bonchev–Trinajstić information content (AvgIpc) is 3.18. The van der Waals surface area contributed by atoms with Crippen LogP contribution in [0.2, 0.25) is 0 Å². The average molecular weight is 296 g/mol. The van der Waals surface area contributed by atoms with Gasteiger partial charge in [0.25, 0.3) is 5.91 Å². The number of ether oxygens (including phenoxy) is 1. The summed E-state index contributed by atoms with van der Waals surface area (Å²) in [6, 6.07) is 0. The monoisotopic (exact) mass is 296 g/mol. The van der Waals surface area contributed by atoms with Crippen molar-refractivity contribution in [3.05, 3.63) is 5.82 Å². The Balaban J connectivity index is 1.55. The van der Waals surface area contributed by atoms with Gasteiger partial charge in [0.05, 0.1) is 0 Å². The van der Waals surface area contributed by atoms with E-state index in [2.05, 4.69) is 21.2 Å². The maximum atomic E-state index is 12.3. The lowest BCUT2D eigenvalue weighted by atomic mass is 10.2. The van der Waals surface area contributed by atoms with E-state index in [9.17, 15) is 4.79 Å². The lowest BCUT2D eigenvalue weighted by Crippen LogP contribution is -2.51. The van der Waals surface area contributed by atoms with E-state index < -0.39 is 0 Å². The molecular formula is C13H20N4O2S. The summed E-state index contributed by atoms with van der Waals surface area (Å²) in [7, 11) is 0. The summed E-state index contributed by atoms with van der Waals surface area (Å²) >= 11 is 1.45. The zero-order chi connectivity index (χ0) is 13.9. The first-order valence-electron chi connectivity index (χ1n) is 7.26. The third-order valence-corrected chi connectivity index (χ3v) is 4.66. The second-order valence-electron chi connectivity index (χ2n) is 5.16. The highest BCUT2D eigenvalue weighted by molar-refractivity contribution is 7.09. The third-order valence-electron chi connectivity index (χ3n) is 3.84. The molecule has 3 rings (SSSR count). The molecule has 0 radical (unpaired) electrons. The van der Waals surface area contributed by atoms with Crippen LogP contribution >= 0.6 is 11.5 Å². The smallest absolute Gasteiger partial charge is 0.251 e. The van der Waals surface area contributed by atoms with E-state index >= 15 is 0 Å². The van der Waals surface area contributed by atoms with Crippen molar-refractivity contribution in [2.75, 3.05) is 37.7 Å². The SMILES string of the molecule is CCc1nsc(N2CCN(C(=O)C3CCCO3)CC2)n1. The van der Waals surface area contributed by atoms with Gasteiger partial charge in [-0.15, -0.1) is 0 Å². The highest BCUT2D eigenvalue weighted by Crippen LogP contribution is 2.21. The topological polar surface area (TPSA) is 58.6 Å². The molecule has 20 heavy (non-hydrogen) atoms. The second-order valence-corrected chi connectivity index (χ2v) is 5.89. The maximum absolute atomic E-state index is 12.3. The summed E-state index contributed by atoms with van der Waals surface area (Å²) in [5.41, 5.74) is 0. The van der Waals surface area contributed by atoms with Crippen LogP contribution in [0.5, 0.6) is 0 Å². The fourth-order valence-electron chi connectivity index (χ4n) is 2.61. The van der Waals surface area contributed by atoms with Gasteiger partial charge in [0, 0.05) is 50.7 Å². The van der Waals surface area contributed by atoms with Gasteiger partial charge in [-0.25, -0.2) is 4.98 Å². The van der Waals surface area contributed by atoms with Gasteiger partial charge in [-0.3, -0.25) is 4.79 Å². The van der Waals surface area contributed by atoms with Crippen LogP contribution in [0.25, 0.3) is 0 Å². The molecule has 2 aliphatic heterocycles. The molecule has 0 bridgehead atoms. The summed E-state index contributed by atoms with van der Waals surface area (Å²) in [6.45, 7) is 5.94. The van der Waals surface area contributed by atoms with Crippen molar-refractivity contribution in [2.45, 2.75) is 32.3 Å². The molecule has 1 unspecified atom stereocenters. The normalized spacial score (nSPS) is 23.4. The fraction of sp³-hybridized carbons (Fsp3) is 0.769. The van der Waals surface area contributed by atoms with Gasteiger partial charge in [0.2, 0.25) is 5.13 Å². The van der Waals surface area contributed by atoms with Crippen LogP contribution in [0.3, 0.4) is 0 Å². The number of piperazine rings is 1. The summed E-state index contributed by atoms with van der Waals surface area (Å²) < 4.78 is 9.79. The highest BCUT2D eigenvalue weighted by atomic mass is 32.1. The van der Waals surface area contributed by atoms with Crippen molar-refractivity contribution in [1.82, 2.24) is 14.3 Å². The van der Waals surface area contributed by atoms with Gasteiger partial charge in [-0.1, -0.05) is 6.92 Å². The van der Waals surface area contributed by atoms with E-state index in [4.69, 9.17) is 4.74 Å². The number of hydrogen-bond acceptors (Lipinski definition) is 6. The molecule has 0 saturated carbocycles. The molecule has 1 aromatic heterocycles. The van der Waals surface area contributed by atoms with Crippen molar-refractivity contribution in [1.29, 1.82) is 0 Å². The second kappa shape index (κ2) is 6.05. The molecule has 2 fully saturated rings. The quantitative estimate of drug-likeness (QED) is 0.830. The number of aryl methyl sites for hydroxylation is 1. The summed E-state index contributed by atoms with van der Waals surface area (Å²) in [5, 5.41) is 0.978. The lowest BCUT2D eigenvalue weighted by molar-refractivity contribution is -0.141. The van der Waals surface area contributed by atoms with Crippen LogP contribution < -0.4 is 4.90 Å². The molecule has 0 N–H and O–H groups in total. The van der Waals surface area contributed by atoms with Crippen molar-refractivity contribution < 1.29 is 9.53 Å². The molecule has 1 amide bonds. The fourth-order valence-corrected chi connectivity index (χ4v) is 3.41. The van der Waals surface area contributed by atoms with Crippen LogP contribution in [0, 0.1) is 0 Å². The highest BCUT2D eigenvalue weighted by Gasteiger charge is 2.30. The predicted octanol–water partition coefficient (Wildman–Crippen LogP) is 0.928. The van der Waals surface area contributed by atoms with Crippen LogP contribution in [0.15, 0.2) is 0 Å². The molecule has 6 nitrogen and oxygen atoms in total. The van der Waals surface area contributed by atoms with Crippen LogP contribution in [-0.4, -0.2) is 59.1 Å². The lowest BCUT2D eigenvalue weighted by Gasteiger charge is -2.35. The first-order chi connectivity index (χ1) is 9.78. The van der Waals surface area contributed by atoms with E-state index in [1.54, 1.807) is 0 Å². The van der Waals surface area contributed by atoms with Crippen molar-refractivity contribution in [3.8, 4) is 0 Å². The molecular weight excluding hydrogens is 276 g/mol. The van der Waals surface area contributed by atoms with Gasteiger partial charge in [0.1, 0.15) is 11.9 Å². The number of carbonyl (C=O) groups excluding carboxylic acids is 1. The minimum Gasteiger partial charge on any atom is -0.368 e. The Bertz CT molecular complexity index is 465. The Labute approximate surface area is 122 Å². The zero-order valence-electron chi connectivity index (χ0n) is 11.7. The number of aromatic nitrogens is 2. The minimum atomic E-state index is -0.199. The van der Waals surface area contributed by atoms with Gasteiger partial charge in [-0.2, -0.15) is 4.37 Å². The van der Waals surface area contributed by atoms with E-state index in [1.807, 2.05) is 4.90 Å². The number of hydrogen-bond donors (Lipinski definition) is 0. The Kier molecular flexibility index (Phi) is 4.16. The number of anilines is 1. The van der Waals surface area contributed by atoms with Crippen molar-refractivity contribution in [3.63, 3.8) is 0 Å². The first-order valence-corrected chi connectivity index (χ1v) is 8.03. The summed E-state index contributed by atoms with van der Waals surface area (Å²) in [4.78, 5) is 20.9. The molecule has 1 atom stereocenters. The number of carbonyl (C=O) groups is 1.